The van der Waals surface area contributed by atoms with Crippen molar-refractivity contribution in [3.63, 3.8) is 0 Å². The zero-order chi connectivity index (χ0) is 10.6. The first kappa shape index (κ1) is 10.1. The summed E-state index contributed by atoms with van der Waals surface area (Å²) in [5.74, 6) is -0.832. The number of hydrazine groups is 1. The number of carbonyl (C=O) groups is 1. The lowest BCUT2D eigenvalue weighted by Crippen LogP contribution is -2.37. The molecule has 1 aromatic carbocycles. The van der Waals surface area contributed by atoms with Gasteiger partial charge < -0.3 is 5.73 Å². The number of nitrogens with zero attached hydrogens (tertiary/aromatic N) is 1. The third-order valence-corrected chi connectivity index (χ3v) is 1.64. The third kappa shape index (κ3) is 2.53. The van der Waals surface area contributed by atoms with Gasteiger partial charge in [0.25, 0.3) is 0 Å². The fourth-order valence-electron chi connectivity index (χ4n) is 0.971. The van der Waals surface area contributed by atoms with Gasteiger partial charge in [-0.3, -0.25) is 4.79 Å². The minimum atomic E-state index is -1.01. The SMILES string of the molecule is NC(C(=O)N[N+](=O)[O-])c1ccccc1. The minimum absolute atomic E-state index is 0.534. The van der Waals surface area contributed by atoms with Gasteiger partial charge in [-0.1, -0.05) is 35.8 Å². The molecular weight excluding hydrogens is 186 g/mol. The van der Waals surface area contributed by atoms with E-state index in [9.17, 15) is 14.9 Å². The highest BCUT2D eigenvalue weighted by molar-refractivity contribution is 5.81. The fraction of sp³-hybridized carbons (Fsp3) is 0.125. The second-order valence-corrected chi connectivity index (χ2v) is 2.62. The van der Waals surface area contributed by atoms with Crippen molar-refractivity contribution in [2.75, 3.05) is 0 Å². The molecule has 6 heteroatoms. The largest absolute Gasteiger partial charge is 0.316 e. The van der Waals surface area contributed by atoms with Crippen LogP contribution in [-0.2, 0) is 4.79 Å². The monoisotopic (exact) mass is 195 g/mol. The van der Waals surface area contributed by atoms with Crippen LogP contribution in [0.1, 0.15) is 11.6 Å². The summed E-state index contributed by atoms with van der Waals surface area (Å²) in [5.41, 5.74) is 7.50. The highest BCUT2D eigenvalue weighted by atomic mass is 16.7. The van der Waals surface area contributed by atoms with Crippen molar-refractivity contribution in [1.82, 2.24) is 5.43 Å². The van der Waals surface area contributed by atoms with Crippen LogP contribution in [0.3, 0.4) is 0 Å². The van der Waals surface area contributed by atoms with Crippen molar-refractivity contribution in [2.45, 2.75) is 6.04 Å². The molecule has 3 N–H and O–H groups in total. The molecule has 6 nitrogen and oxygen atoms in total. The number of nitro groups is 1. The summed E-state index contributed by atoms with van der Waals surface area (Å²) in [7, 11) is 0. The molecular formula is C8H9N3O3. The van der Waals surface area contributed by atoms with Crippen molar-refractivity contribution in [3.8, 4) is 0 Å². The van der Waals surface area contributed by atoms with E-state index in [1.54, 1.807) is 30.3 Å². The van der Waals surface area contributed by atoms with Gasteiger partial charge in [-0.25, -0.2) is 10.1 Å². The molecule has 1 aromatic rings. The molecule has 0 spiro atoms. The van der Waals surface area contributed by atoms with Crippen LogP contribution in [0.15, 0.2) is 30.3 Å². The van der Waals surface area contributed by atoms with Gasteiger partial charge in [-0.05, 0) is 5.56 Å². The van der Waals surface area contributed by atoms with Gasteiger partial charge in [0.05, 0.1) is 0 Å². The number of nitrogens with two attached hydrogens (primary N) is 1. The topological polar surface area (TPSA) is 98.3 Å². The van der Waals surface area contributed by atoms with Gasteiger partial charge in [0.1, 0.15) is 6.04 Å². The average Bonchev–Trinajstić information content (AvgIpc) is 2.17. The van der Waals surface area contributed by atoms with E-state index in [2.05, 4.69) is 0 Å². The highest BCUT2D eigenvalue weighted by Crippen LogP contribution is 2.08. The Bertz CT molecular complexity index is 339. The van der Waals surface area contributed by atoms with Crippen LogP contribution in [0, 0.1) is 10.1 Å². The maximum absolute atomic E-state index is 11.1. The number of rotatable bonds is 3. The lowest BCUT2D eigenvalue weighted by Gasteiger charge is -2.07. The van der Waals surface area contributed by atoms with E-state index in [1.807, 2.05) is 0 Å². The molecule has 1 unspecified atom stereocenters. The molecule has 74 valence electrons. The number of hydrogen-bond acceptors (Lipinski definition) is 4. The van der Waals surface area contributed by atoms with E-state index in [4.69, 9.17) is 5.73 Å². The number of nitrogens with one attached hydrogen (secondary N) is 1. The summed E-state index contributed by atoms with van der Waals surface area (Å²) in [6, 6.07) is 7.42. The Morgan fingerprint density at radius 2 is 2.00 bits per heavy atom. The zero-order valence-corrected chi connectivity index (χ0v) is 7.21. The van der Waals surface area contributed by atoms with Crippen molar-refractivity contribution in [2.24, 2.45) is 5.73 Å². The summed E-state index contributed by atoms with van der Waals surface area (Å²) in [6.45, 7) is 0. The van der Waals surface area contributed by atoms with Gasteiger partial charge in [-0.15, -0.1) is 0 Å². The molecule has 14 heavy (non-hydrogen) atoms. The minimum Gasteiger partial charge on any atom is -0.316 e. The van der Waals surface area contributed by atoms with Crippen molar-refractivity contribution < 1.29 is 9.83 Å². The van der Waals surface area contributed by atoms with Gasteiger partial charge in [0, 0.05) is 0 Å². The Morgan fingerprint density at radius 1 is 1.43 bits per heavy atom. The van der Waals surface area contributed by atoms with Gasteiger partial charge >= 0.3 is 5.91 Å². The van der Waals surface area contributed by atoms with E-state index in [0.717, 1.165) is 0 Å². The van der Waals surface area contributed by atoms with E-state index in [0.29, 0.717) is 5.56 Å². The second kappa shape index (κ2) is 4.33. The molecule has 0 aliphatic carbocycles. The molecule has 0 aliphatic rings. The van der Waals surface area contributed by atoms with Crippen LogP contribution in [-0.4, -0.2) is 10.9 Å². The van der Waals surface area contributed by atoms with Crippen molar-refractivity contribution >= 4 is 5.91 Å². The number of hydrogen-bond donors (Lipinski definition) is 2. The summed E-state index contributed by atoms with van der Waals surface area (Å²) in [6.07, 6.45) is 0. The van der Waals surface area contributed by atoms with E-state index in [-0.39, 0.29) is 0 Å². The zero-order valence-electron chi connectivity index (χ0n) is 7.21. The lowest BCUT2D eigenvalue weighted by molar-refractivity contribution is -0.530. The van der Waals surface area contributed by atoms with Crippen LogP contribution < -0.4 is 11.2 Å². The molecule has 0 fully saturated rings. The van der Waals surface area contributed by atoms with Crippen LogP contribution >= 0.6 is 0 Å². The number of carbonyl (C=O) groups excluding carboxylic acids is 1. The normalized spacial score (nSPS) is 11.8. The summed E-state index contributed by atoms with van der Waals surface area (Å²) in [4.78, 5) is 21.0. The van der Waals surface area contributed by atoms with Gasteiger partial charge in [0.2, 0.25) is 0 Å². The van der Waals surface area contributed by atoms with E-state index >= 15 is 0 Å². The van der Waals surface area contributed by atoms with Crippen LogP contribution in [0.25, 0.3) is 0 Å². The predicted octanol–water partition coefficient (Wildman–Crippen LogP) is -0.00570. The van der Waals surface area contributed by atoms with Crippen molar-refractivity contribution in [1.29, 1.82) is 0 Å². The maximum atomic E-state index is 11.1. The second-order valence-electron chi connectivity index (χ2n) is 2.62. The molecule has 0 bridgehead atoms. The standard InChI is InChI=1S/C8H9N3O3/c9-7(8(12)10-11(13)14)6-4-2-1-3-5-6/h1-5,7H,9H2,(H,10,12). The fourth-order valence-corrected chi connectivity index (χ4v) is 0.971. The Balaban J connectivity index is 2.71. The lowest BCUT2D eigenvalue weighted by atomic mass is 10.1. The molecule has 1 rings (SSSR count). The van der Waals surface area contributed by atoms with Gasteiger partial charge in [0.15, 0.2) is 5.03 Å². The highest BCUT2D eigenvalue weighted by Gasteiger charge is 2.18. The van der Waals surface area contributed by atoms with Crippen LogP contribution in [0.5, 0.6) is 0 Å². The smallest absolute Gasteiger partial charge is 0.301 e. The Morgan fingerprint density at radius 3 is 2.50 bits per heavy atom. The third-order valence-electron chi connectivity index (χ3n) is 1.64. The summed E-state index contributed by atoms with van der Waals surface area (Å²) >= 11 is 0. The Kier molecular flexibility index (Phi) is 3.14. The quantitative estimate of drug-likeness (QED) is 0.523. The number of benzene rings is 1. The molecule has 0 aromatic heterocycles. The first-order chi connectivity index (χ1) is 6.61. The molecule has 0 heterocycles. The molecule has 0 saturated carbocycles. The van der Waals surface area contributed by atoms with Gasteiger partial charge in [-0.2, -0.15) is 0 Å². The molecule has 1 amide bonds. The molecule has 0 saturated heterocycles. The maximum Gasteiger partial charge on any atom is 0.301 e. The van der Waals surface area contributed by atoms with Crippen LogP contribution in [0.4, 0.5) is 0 Å². The Labute approximate surface area is 79.8 Å². The molecule has 0 radical (unpaired) electrons. The first-order valence-corrected chi connectivity index (χ1v) is 3.86. The molecule has 0 aliphatic heterocycles. The predicted molar refractivity (Wildman–Crippen MR) is 48.5 cm³/mol. The van der Waals surface area contributed by atoms with Crippen molar-refractivity contribution in [3.05, 3.63) is 46.0 Å². The Hall–Kier alpha value is -1.95. The van der Waals surface area contributed by atoms with Crippen LogP contribution in [0.2, 0.25) is 0 Å². The summed E-state index contributed by atoms with van der Waals surface area (Å²) in [5, 5.41) is 9.04. The summed E-state index contributed by atoms with van der Waals surface area (Å²) < 4.78 is 0. The molecule has 1 atom stereocenters. The number of amides is 1. The first-order valence-electron chi connectivity index (χ1n) is 3.86. The average molecular weight is 195 g/mol. The van der Waals surface area contributed by atoms with E-state index in [1.165, 1.54) is 5.43 Å². The van der Waals surface area contributed by atoms with E-state index < -0.39 is 17.0 Å².